The minimum absolute atomic E-state index is 0.168. The summed E-state index contributed by atoms with van der Waals surface area (Å²) in [4.78, 5) is 36.6. The van der Waals surface area contributed by atoms with Crippen LogP contribution in [0.4, 0.5) is 5.00 Å². The number of hydrogen-bond acceptors (Lipinski definition) is 6. The number of nitrogens with two attached hydrogens (primary N) is 1. The van der Waals surface area contributed by atoms with Crippen LogP contribution in [0.15, 0.2) is 6.07 Å². The molecule has 0 aliphatic heterocycles. The largest absolute Gasteiger partial charge is 0.459 e. The normalized spacial score (nSPS) is 10.9. The van der Waals surface area contributed by atoms with E-state index in [0.717, 1.165) is 22.7 Å². The van der Waals surface area contributed by atoms with Gasteiger partial charge in [0, 0.05) is 18.7 Å². The molecule has 3 N–H and O–H groups in total. The van der Waals surface area contributed by atoms with Crippen molar-refractivity contribution in [2.24, 2.45) is 5.73 Å². The number of esters is 1. The van der Waals surface area contributed by atoms with Crippen molar-refractivity contribution in [1.29, 1.82) is 0 Å². The van der Waals surface area contributed by atoms with Crippen molar-refractivity contribution in [3.63, 3.8) is 0 Å². The number of rotatable bonds is 7. The van der Waals surface area contributed by atoms with Gasteiger partial charge in [0.05, 0.1) is 22.2 Å². The molecule has 0 aliphatic rings. The van der Waals surface area contributed by atoms with E-state index in [-0.39, 0.29) is 33.9 Å². The number of nitrogens with zero attached hydrogens (tertiary/aromatic N) is 2. The van der Waals surface area contributed by atoms with Crippen molar-refractivity contribution < 1.29 is 19.1 Å². The molecule has 2 aromatic heterocycles. The molecule has 0 atom stereocenters. The minimum Gasteiger partial charge on any atom is -0.459 e. The molecule has 2 rings (SSSR count). The molecule has 0 fully saturated rings. The van der Waals surface area contributed by atoms with Crippen molar-refractivity contribution in [2.45, 2.75) is 53.7 Å². The lowest BCUT2D eigenvalue weighted by Gasteiger charge is -2.10. The summed E-state index contributed by atoms with van der Waals surface area (Å²) >= 11 is 0.977. The number of anilines is 1. The number of thiophene rings is 1. The van der Waals surface area contributed by atoms with Crippen LogP contribution in [0, 0.1) is 20.8 Å². The third-order valence-electron chi connectivity index (χ3n) is 3.82. The highest BCUT2D eigenvalue weighted by molar-refractivity contribution is 7.18. The summed E-state index contributed by atoms with van der Waals surface area (Å²) in [6.07, 6.45) is -0.160. The number of hydrogen-bond donors (Lipinski definition) is 2. The van der Waals surface area contributed by atoms with Crippen LogP contribution in [0.25, 0.3) is 0 Å². The molecule has 2 heterocycles. The Bertz CT molecular complexity index is 882. The zero-order chi connectivity index (χ0) is 20.3. The van der Waals surface area contributed by atoms with E-state index in [1.807, 2.05) is 19.9 Å². The summed E-state index contributed by atoms with van der Waals surface area (Å²) in [5.74, 6) is -1.54. The van der Waals surface area contributed by atoms with Gasteiger partial charge in [-0.2, -0.15) is 5.10 Å². The van der Waals surface area contributed by atoms with Crippen molar-refractivity contribution in [2.75, 3.05) is 5.32 Å². The maximum Gasteiger partial charge on any atom is 0.341 e. The van der Waals surface area contributed by atoms with E-state index in [0.29, 0.717) is 12.1 Å². The maximum atomic E-state index is 12.4. The van der Waals surface area contributed by atoms with E-state index >= 15 is 0 Å². The van der Waals surface area contributed by atoms with Crippen molar-refractivity contribution in [3.8, 4) is 0 Å². The number of nitrogens with one attached hydrogen (secondary N) is 1. The number of carbonyl (C=O) groups excluding carboxylic acids is 3. The van der Waals surface area contributed by atoms with Crippen LogP contribution in [0.1, 0.15) is 57.2 Å². The molecule has 146 valence electrons. The van der Waals surface area contributed by atoms with Crippen molar-refractivity contribution in [1.82, 2.24) is 9.78 Å². The maximum absolute atomic E-state index is 12.4. The Morgan fingerprint density at radius 1 is 1.30 bits per heavy atom. The van der Waals surface area contributed by atoms with Gasteiger partial charge in [0.15, 0.2) is 0 Å². The van der Waals surface area contributed by atoms with Gasteiger partial charge in [-0.15, -0.1) is 11.3 Å². The van der Waals surface area contributed by atoms with Crippen LogP contribution in [-0.2, 0) is 16.1 Å². The zero-order valence-corrected chi connectivity index (χ0v) is 16.9. The molecule has 0 radical (unpaired) electrons. The first kappa shape index (κ1) is 20.6. The Morgan fingerprint density at radius 2 is 1.96 bits per heavy atom. The van der Waals surface area contributed by atoms with E-state index < -0.39 is 11.9 Å². The van der Waals surface area contributed by atoms with Gasteiger partial charge in [-0.05, 0) is 46.2 Å². The monoisotopic (exact) mass is 392 g/mol. The molecule has 0 spiro atoms. The fourth-order valence-electron chi connectivity index (χ4n) is 2.65. The molecule has 2 aromatic rings. The summed E-state index contributed by atoms with van der Waals surface area (Å²) < 4.78 is 6.98. The number of amides is 2. The van der Waals surface area contributed by atoms with E-state index in [1.165, 1.54) is 0 Å². The number of carbonyl (C=O) groups is 3. The molecule has 0 aromatic carbocycles. The van der Waals surface area contributed by atoms with Gasteiger partial charge >= 0.3 is 5.97 Å². The Balaban J connectivity index is 2.19. The molecule has 9 heteroatoms. The van der Waals surface area contributed by atoms with Crippen LogP contribution in [0.3, 0.4) is 0 Å². The Morgan fingerprint density at radius 3 is 2.48 bits per heavy atom. The highest BCUT2D eigenvalue weighted by Gasteiger charge is 2.26. The molecular weight excluding hydrogens is 368 g/mol. The second-order valence-corrected chi connectivity index (χ2v) is 7.55. The summed E-state index contributed by atoms with van der Waals surface area (Å²) in [6.45, 7) is 9.27. The van der Waals surface area contributed by atoms with E-state index in [1.54, 1.807) is 25.5 Å². The summed E-state index contributed by atoms with van der Waals surface area (Å²) in [5, 5.41) is 7.29. The molecule has 2 amide bonds. The lowest BCUT2D eigenvalue weighted by Crippen LogP contribution is -2.18. The van der Waals surface area contributed by atoms with Crippen LogP contribution in [-0.4, -0.2) is 33.7 Å². The highest BCUT2D eigenvalue weighted by Crippen LogP contribution is 2.33. The molecule has 8 nitrogen and oxygen atoms in total. The lowest BCUT2D eigenvalue weighted by molar-refractivity contribution is -0.116. The Labute approximate surface area is 161 Å². The van der Waals surface area contributed by atoms with Crippen LogP contribution < -0.4 is 11.1 Å². The quantitative estimate of drug-likeness (QED) is 0.703. The summed E-state index contributed by atoms with van der Waals surface area (Å²) in [6, 6.07) is 1.93. The average molecular weight is 392 g/mol. The van der Waals surface area contributed by atoms with Gasteiger partial charge in [0.25, 0.3) is 5.91 Å². The third kappa shape index (κ3) is 4.94. The van der Waals surface area contributed by atoms with E-state index in [2.05, 4.69) is 10.4 Å². The molecule has 0 saturated carbocycles. The predicted molar refractivity (Wildman–Crippen MR) is 103 cm³/mol. The molecule has 0 bridgehead atoms. The van der Waals surface area contributed by atoms with Crippen molar-refractivity contribution in [3.05, 3.63) is 33.5 Å². The number of ether oxygens (including phenoxy) is 1. The number of primary amides is 1. The molecule has 0 unspecified atom stereocenters. The fraction of sp³-hybridized carbons (Fsp3) is 0.444. The van der Waals surface area contributed by atoms with Crippen molar-refractivity contribution >= 4 is 34.1 Å². The second-order valence-electron chi connectivity index (χ2n) is 6.53. The Kier molecular flexibility index (Phi) is 6.37. The number of aromatic nitrogens is 2. The second kappa shape index (κ2) is 8.34. The van der Waals surface area contributed by atoms with Gasteiger partial charge < -0.3 is 15.8 Å². The first-order valence-electron chi connectivity index (χ1n) is 8.55. The van der Waals surface area contributed by atoms with Gasteiger partial charge in [0.2, 0.25) is 5.91 Å². The minimum atomic E-state index is -0.653. The van der Waals surface area contributed by atoms with Gasteiger partial charge in [-0.1, -0.05) is 0 Å². The molecular formula is C18H24N4O4S. The average Bonchev–Trinajstić information content (AvgIpc) is 3.03. The smallest absolute Gasteiger partial charge is 0.341 e. The molecule has 0 aliphatic carbocycles. The topological polar surface area (TPSA) is 116 Å². The first-order chi connectivity index (χ1) is 12.6. The van der Waals surface area contributed by atoms with E-state index in [4.69, 9.17) is 10.5 Å². The van der Waals surface area contributed by atoms with Crippen LogP contribution in [0.5, 0.6) is 0 Å². The molecule has 27 heavy (non-hydrogen) atoms. The SMILES string of the molecule is Cc1cc(C)n(CCC(=O)Nc2sc(C(N)=O)c(C)c2C(=O)OC(C)C)n1. The first-order valence-corrected chi connectivity index (χ1v) is 9.36. The van der Waals surface area contributed by atoms with E-state index in [9.17, 15) is 14.4 Å². The standard InChI is InChI=1S/C18H24N4O4S/c1-9(2)26-18(25)14-12(5)15(16(19)24)27-17(14)20-13(23)6-7-22-11(4)8-10(3)21-22/h8-9H,6-7H2,1-5H3,(H2,19,24)(H,20,23). The summed E-state index contributed by atoms with van der Waals surface area (Å²) in [7, 11) is 0. The molecule has 0 saturated heterocycles. The van der Waals surface area contributed by atoms with Crippen LogP contribution >= 0.6 is 11.3 Å². The Hall–Kier alpha value is -2.68. The van der Waals surface area contributed by atoms with Gasteiger partial charge in [0.1, 0.15) is 5.00 Å². The van der Waals surface area contributed by atoms with Gasteiger partial charge in [-0.3, -0.25) is 14.3 Å². The lowest BCUT2D eigenvalue weighted by atomic mass is 10.1. The fourth-order valence-corrected chi connectivity index (χ4v) is 3.72. The van der Waals surface area contributed by atoms with Crippen LogP contribution in [0.2, 0.25) is 0 Å². The highest BCUT2D eigenvalue weighted by atomic mass is 32.1. The third-order valence-corrected chi connectivity index (χ3v) is 5.05. The summed E-state index contributed by atoms with van der Waals surface area (Å²) in [5.41, 5.74) is 7.80. The predicted octanol–water partition coefficient (Wildman–Crippen LogP) is 2.56. The zero-order valence-electron chi connectivity index (χ0n) is 16.1. The number of aryl methyl sites for hydroxylation is 3. The van der Waals surface area contributed by atoms with Gasteiger partial charge in [-0.25, -0.2) is 4.79 Å².